The maximum absolute atomic E-state index is 12.8. The Bertz CT molecular complexity index is 1050. The summed E-state index contributed by atoms with van der Waals surface area (Å²) in [6.07, 6.45) is 1.82. The van der Waals surface area contributed by atoms with Crippen LogP contribution in [0.25, 0.3) is 11.1 Å². The smallest absolute Gasteiger partial charge is 0.409 e. The van der Waals surface area contributed by atoms with E-state index in [2.05, 4.69) is 36.2 Å². The number of carbonyl (C=O) groups is 3. The second-order valence-corrected chi connectivity index (χ2v) is 8.89. The van der Waals surface area contributed by atoms with Crippen LogP contribution in [0.5, 0.6) is 0 Å². The number of carbonyl (C=O) groups excluding carboxylic acids is 2. The molecule has 2 aromatic rings. The number of carboxylic acids is 1. The van der Waals surface area contributed by atoms with Gasteiger partial charge >= 0.3 is 18.2 Å². The monoisotopic (exact) mass is 478 g/mol. The van der Waals surface area contributed by atoms with Crippen molar-refractivity contribution in [2.24, 2.45) is 5.92 Å². The van der Waals surface area contributed by atoms with Gasteiger partial charge in [-0.3, -0.25) is 0 Å². The Hall–Kier alpha value is -3.81. The van der Waals surface area contributed by atoms with Gasteiger partial charge < -0.3 is 24.8 Å². The van der Waals surface area contributed by atoms with E-state index in [-0.39, 0.29) is 37.6 Å². The Morgan fingerprint density at radius 1 is 1.03 bits per heavy atom. The van der Waals surface area contributed by atoms with Crippen LogP contribution in [0.15, 0.2) is 61.2 Å². The van der Waals surface area contributed by atoms with Crippen LogP contribution in [0.2, 0.25) is 0 Å². The molecule has 35 heavy (non-hydrogen) atoms. The predicted molar refractivity (Wildman–Crippen MR) is 130 cm³/mol. The number of rotatable bonds is 8. The van der Waals surface area contributed by atoms with E-state index in [4.69, 9.17) is 9.47 Å². The number of amides is 2. The number of fused-ring (bicyclic) bond motifs is 3. The Balaban J connectivity index is 1.28. The van der Waals surface area contributed by atoms with E-state index >= 15 is 0 Å². The van der Waals surface area contributed by atoms with Crippen molar-refractivity contribution in [2.75, 3.05) is 26.3 Å². The number of nitrogens with zero attached hydrogens (tertiary/aromatic N) is 1. The lowest BCUT2D eigenvalue weighted by Crippen LogP contribution is -2.45. The molecule has 1 aliphatic carbocycles. The van der Waals surface area contributed by atoms with Crippen LogP contribution < -0.4 is 5.32 Å². The first-order valence-corrected chi connectivity index (χ1v) is 11.8. The number of nitrogens with one attached hydrogen (secondary N) is 1. The first-order valence-electron chi connectivity index (χ1n) is 11.8. The van der Waals surface area contributed by atoms with Crippen LogP contribution in [0, 0.1) is 5.92 Å². The minimum absolute atomic E-state index is 0.00661. The number of hydrogen-bond acceptors (Lipinski definition) is 5. The van der Waals surface area contributed by atoms with Gasteiger partial charge in [0.1, 0.15) is 19.3 Å². The normalized spacial score (nSPS) is 16.1. The zero-order chi connectivity index (χ0) is 24.8. The fraction of sp³-hybridized carbons (Fsp3) is 0.370. The van der Waals surface area contributed by atoms with Crippen molar-refractivity contribution in [3.05, 3.63) is 72.3 Å². The van der Waals surface area contributed by atoms with Gasteiger partial charge in [-0.25, -0.2) is 14.4 Å². The van der Waals surface area contributed by atoms with Gasteiger partial charge in [0.15, 0.2) is 0 Å². The second kappa shape index (κ2) is 11.1. The number of ether oxygens (including phenoxy) is 2. The fourth-order valence-corrected chi connectivity index (χ4v) is 4.91. The van der Waals surface area contributed by atoms with Crippen molar-refractivity contribution in [3.8, 4) is 11.1 Å². The predicted octanol–water partition coefficient (Wildman–Crippen LogP) is 4.40. The van der Waals surface area contributed by atoms with Gasteiger partial charge in [0.25, 0.3) is 0 Å². The molecule has 0 saturated carbocycles. The van der Waals surface area contributed by atoms with Crippen LogP contribution in [-0.2, 0) is 14.3 Å². The van der Waals surface area contributed by atoms with E-state index in [0.717, 1.165) is 0 Å². The molecule has 0 radical (unpaired) electrons. The van der Waals surface area contributed by atoms with Gasteiger partial charge in [-0.15, -0.1) is 0 Å². The summed E-state index contributed by atoms with van der Waals surface area (Å²) >= 11 is 0. The first kappa shape index (κ1) is 24.3. The summed E-state index contributed by atoms with van der Waals surface area (Å²) in [5, 5.41) is 11.8. The highest BCUT2D eigenvalue weighted by atomic mass is 16.6. The lowest BCUT2D eigenvalue weighted by atomic mass is 9.90. The van der Waals surface area contributed by atoms with Gasteiger partial charge in [0.05, 0.1) is 0 Å². The molecule has 184 valence electrons. The van der Waals surface area contributed by atoms with E-state index in [1.54, 1.807) is 4.90 Å². The van der Waals surface area contributed by atoms with Gasteiger partial charge in [-0.2, -0.15) is 0 Å². The fourth-order valence-electron chi connectivity index (χ4n) is 4.91. The molecule has 1 saturated heterocycles. The first-order chi connectivity index (χ1) is 17.0. The molecule has 2 N–H and O–H groups in total. The molecule has 1 aliphatic heterocycles. The van der Waals surface area contributed by atoms with Crippen LogP contribution >= 0.6 is 0 Å². The summed E-state index contributed by atoms with van der Waals surface area (Å²) in [6.45, 7) is 4.69. The zero-order valence-corrected chi connectivity index (χ0v) is 19.5. The average molecular weight is 479 g/mol. The van der Waals surface area contributed by atoms with E-state index in [9.17, 15) is 19.5 Å². The third-order valence-electron chi connectivity index (χ3n) is 6.70. The third-order valence-corrected chi connectivity index (χ3v) is 6.70. The molecule has 0 unspecified atom stereocenters. The van der Waals surface area contributed by atoms with Gasteiger partial charge in [0, 0.05) is 19.0 Å². The highest BCUT2D eigenvalue weighted by Gasteiger charge is 2.32. The van der Waals surface area contributed by atoms with Crippen molar-refractivity contribution < 1.29 is 29.0 Å². The number of carboxylic acid groups (broad SMARTS) is 1. The molecule has 8 heteroatoms. The molecular formula is C27H30N2O6. The zero-order valence-electron chi connectivity index (χ0n) is 19.5. The van der Waals surface area contributed by atoms with Crippen molar-refractivity contribution in [1.82, 2.24) is 10.2 Å². The minimum atomic E-state index is -1.11. The maximum Gasteiger partial charge on any atom is 0.409 e. The molecular weight excluding hydrogens is 448 g/mol. The van der Waals surface area contributed by atoms with Crippen molar-refractivity contribution in [2.45, 2.75) is 31.2 Å². The standard InChI is InChI=1S/C27H30N2O6/c1-2-15-34-26(32)28-24(25(30)31)16-18-11-13-29(14-12-18)27(33)35-17-23-21-9-5-3-7-19(21)20-8-4-6-10-22(20)23/h2-10,18,23-24H,1,11-17H2,(H,28,32)(H,30,31)/t24-/m0/s1. The summed E-state index contributed by atoms with van der Waals surface area (Å²) in [4.78, 5) is 37.7. The highest BCUT2D eigenvalue weighted by molar-refractivity contribution is 5.80. The summed E-state index contributed by atoms with van der Waals surface area (Å²) in [7, 11) is 0. The van der Waals surface area contributed by atoms with Gasteiger partial charge in [-0.1, -0.05) is 61.2 Å². The van der Waals surface area contributed by atoms with Crippen molar-refractivity contribution in [1.29, 1.82) is 0 Å². The van der Waals surface area contributed by atoms with E-state index < -0.39 is 18.1 Å². The van der Waals surface area contributed by atoms with Crippen molar-refractivity contribution >= 4 is 18.2 Å². The van der Waals surface area contributed by atoms with Crippen LogP contribution in [0.4, 0.5) is 9.59 Å². The maximum atomic E-state index is 12.8. The molecule has 2 aliphatic rings. The number of alkyl carbamates (subject to hydrolysis) is 1. The van der Waals surface area contributed by atoms with E-state index in [1.165, 1.54) is 28.3 Å². The number of aliphatic carboxylic acids is 1. The summed E-state index contributed by atoms with van der Waals surface area (Å²) in [5.74, 6) is -1.04. The Labute approximate surface area is 204 Å². The molecule has 0 bridgehead atoms. The quantitative estimate of drug-likeness (QED) is 0.545. The van der Waals surface area contributed by atoms with Gasteiger partial charge in [-0.05, 0) is 47.4 Å². The molecule has 4 rings (SSSR count). The van der Waals surface area contributed by atoms with E-state index in [1.807, 2.05) is 24.3 Å². The minimum Gasteiger partial charge on any atom is -0.480 e. The summed E-state index contributed by atoms with van der Waals surface area (Å²) in [5.41, 5.74) is 4.69. The SMILES string of the molecule is C=CCOC(=O)N[C@@H](CC1CCN(C(=O)OCC2c3ccccc3-c3ccccc32)CC1)C(=O)O. The number of benzene rings is 2. The molecule has 2 aromatic carbocycles. The van der Waals surface area contributed by atoms with Gasteiger partial charge in [0.2, 0.25) is 0 Å². The van der Waals surface area contributed by atoms with E-state index in [0.29, 0.717) is 25.9 Å². The molecule has 2 amide bonds. The number of hydrogen-bond donors (Lipinski definition) is 2. The molecule has 1 atom stereocenters. The third kappa shape index (κ3) is 5.65. The molecule has 0 aromatic heterocycles. The van der Waals surface area contributed by atoms with Crippen molar-refractivity contribution in [3.63, 3.8) is 0 Å². The van der Waals surface area contributed by atoms with Crippen LogP contribution in [-0.4, -0.2) is 60.5 Å². The lowest BCUT2D eigenvalue weighted by molar-refractivity contribution is -0.140. The summed E-state index contributed by atoms with van der Waals surface area (Å²) < 4.78 is 10.6. The van der Waals surface area contributed by atoms with Crippen LogP contribution in [0.1, 0.15) is 36.3 Å². The lowest BCUT2D eigenvalue weighted by Gasteiger charge is -2.32. The Morgan fingerprint density at radius 2 is 1.63 bits per heavy atom. The molecule has 8 nitrogen and oxygen atoms in total. The Morgan fingerprint density at radius 3 is 2.20 bits per heavy atom. The van der Waals surface area contributed by atoms with Crippen LogP contribution in [0.3, 0.4) is 0 Å². The largest absolute Gasteiger partial charge is 0.480 e. The molecule has 1 heterocycles. The number of piperidine rings is 1. The topological polar surface area (TPSA) is 105 Å². The molecule has 0 spiro atoms. The average Bonchev–Trinajstić information content (AvgIpc) is 3.19. The summed E-state index contributed by atoms with van der Waals surface area (Å²) in [6, 6.07) is 15.4. The number of likely N-dealkylation sites (tertiary alicyclic amines) is 1. The second-order valence-electron chi connectivity index (χ2n) is 8.89. The highest BCUT2D eigenvalue weighted by Crippen LogP contribution is 2.44. The Kier molecular flexibility index (Phi) is 7.70. The molecule has 1 fully saturated rings.